The zero-order chi connectivity index (χ0) is 20.9. The average Bonchev–Trinajstić information content (AvgIpc) is 3.04. The third-order valence-electron chi connectivity index (χ3n) is 5.84. The second-order valence-electron chi connectivity index (χ2n) is 8.61. The molecule has 1 aromatic carbocycles. The van der Waals surface area contributed by atoms with Crippen molar-refractivity contribution in [1.29, 1.82) is 0 Å². The number of fused-ring (bicyclic) bond motifs is 1. The van der Waals surface area contributed by atoms with Crippen molar-refractivity contribution >= 4 is 5.96 Å². The van der Waals surface area contributed by atoms with Crippen LogP contribution in [-0.4, -0.2) is 52.9 Å². The van der Waals surface area contributed by atoms with Gasteiger partial charge >= 0.3 is 0 Å². The molecule has 0 atom stereocenters. The maximum absolute atomic E-state index is 4.52. The number of benzene rings is 1. The summed E-state index contributed by atoms with van der Waals surface area (Å²) < 4.78 is 2.07. The third kappa shape index (κ3) is 5.60. The van der Waals surface area contributed by atoms with Gasteiger partial charge in [0.1, 0.15) is 0 Å². The molecule has 6 heteroatoms. The molecule has 0 radical (unpaired) electrons. The van der Waals surface area contributed by atoms with Gasteiger partial charge in [0.25, 0.3) is 0 Å². The van der Waals surface area contributed by atoms with Crippen molar-refractivity contribution in [2.75, 3.05) is 26.7 Å². The first-order valence-corrected chi connectivity index (χ1v) is 10.7. The molecule has 2 N–H and O–H groups in total. The molecule has 158 valence electrons. The van der Waals surface area contributed by atoms with Crippen molar-refractivity contribution < 1.29 is 0 Å². The molecule has 2 aromatic rings. The van der Waals surface area contributed by atoms with Gasteiger partial charge in [-0.1, -0.05) is 24.3 Å². The van der Waals surface area contributed by atoms with Gasteiger partial charge in [0.15, 0.2) is 5.96 Å². The minimum absolute atomic E-state index is 0.0504. The Morgan fingerprint density at radius 1 is 1.17 bits per heavy atom. The van der Waals surface area contributed by atoms with Crippen molar-refractivity contribution in [3.05, 3.63) is 52.8 Å². The Morgan fingerprint density at radius 3 is 2.62 bits per heavy atom. The number of aryl methyl sites for hydroxylation is 3. The highest BCUT2D eigenvalue weighted by molar-refractivity contribution is 5.79. The van der Waals surface area contributed by atoms with Crippen molar-refractivity contribution in [2.45, 2.75) is 59.2 Å². The third-order valence-corrected chi connectivity index (χ3v) is 5.84. The normalized spacial score (nSPS) is 15.3. The lowest BCUT2D eigenvalue weighted by molar-refractivity contribution is 0.107. The molecule has 0 spiro atoms. The van der Waals surface area contributed by atoms with Crippen LogP contribution in [-0.2, 0) is 19.5 Å². The predicted molar refractivity (Wildman–Crippen MR) is 120 cm³/mol. The quantitative estimate of drug-likeness (QED) is 0.429. The second kappa shape index (κ2) is 9.44. The summed E-state index contributed by atoms with van der Waals surface area (Å²) in [7, 11) is 1.83. The van der Waals surface area contributed by atoms with Crippen molar-refractivity contribution in [3.63, 3.8) is 0 Å². The van der Waals surface area contributed by atoms with E-state index < -0.39 is 0 Å². The molecule has 0 amide bonds. The fourth-order valence-electron chi connectivity index (χ4n) is 3.98. The van der Waals surface area contributed by atoms with E-state index >= 15 is 0 Å². The van der Waals surface area contributed by atoms with E-state index in [4.69, 9.17) is 0 Å². The molecular weight excluding hydrogens is 360 g/mol. The minimum Gasteiger partial charge on any atom is -0.356 e. The van der Waals surface area contributed by atoms with Gasteiger partial charge in [-0.05, 0) is 57.7 Å². The highest BCUT2D eigenvalue weighted by atomic mass is 15.3. The topological polar surface area (TPSA) is 57.5 Å². The van der Waals surface area contributed by atoms with Crippen molar-refractivity contribution in [3.8, 4) is 0 Å². The molecule has 1 aliphatic rings. The molecular formula is C23H36N6. The average molecular weight is 397 g/mol. The molecule has 6 nitrogen and oxygen atoms in total. The van der Waals surface area contributed by atoms with E-state index in [0.29, 0.717) is 0 Å². The summed E-state index contributed by atoms with van der Waals surface area (Å²) in [5.74, 6) is 0.865. The van der Waals surface area contributed by atoms with E-state index in [1.165, 1.54) is 16.8 Å². The maximum atomic E-state index is 4.52. The van der Waals surface area contributed by atoms with Gasteiger partial charge < -0.3 is 10.6 Å². The molecule has 0 aliphatic carbocycles. The van der Waals surface area contributed by atoms with Crippen LogP contribution in [0.4, 0.5) is 0 Å². The van der Waals surface area contributed by atoms with Crippen LogP contribution in [0.25, 0.3) is 0 Å². The molecule has 29 heavy (non-hydrogen) atoms. The van der Waals surface area contributed by atoms with Crippen LogP contribution in [0.3, 0.4) is 0 Å². The Morgan fingerprint density at radius 2 is 1.93 bits per heavy atom. The van der Waals surface area contributed by atoms with E-state index in [2.05, 4.69) is 81.4 Å². The zero-order valence-corrected chi connectivity index (χ0v) is 18.6. The van der Waals surface area contributed by atoms with Crippen LogP contribution in [0, 0.1) is 13.8 Å². The lowest BCUT2D eigenvalue weighted by atomic mass is 9.94. The number of aliphatic imine (C=N–C) groups is 1. The lowest BCUT2D eigenvalue weighted by Crippen LogP contribution is -2.54. The lowest BCUT2D eigenvalue weighted by Gasteiger charge is -2.42. The largest absolute Gasteiger partial charge is 0.356 e. The summed E-state index contributed by atoms with van der Waals surface area (Å²) in [6.45, 7) is 13.5. The Bertz CT molecular complexity index is 836. The fraction of sp³-hybridized carbons (Fsp3) is 0.565. The number of aromatic nitrogens is 2. The number of rotatable bonds is 7. The zero-order valence-electron chi connectivity index (χ0n) is 18.6. The standard InChI is InChI=1S/C23H36N6/c1-18-15-19(2)29(27-18)13-8-12-25-22(24-5)26-17-23(3,4)28-14-11-20-9-6-7-10-21(20)16-28/h6-7,9-10,15H,8,11-14,16-17H2,1-5H3,(H2,24,25,26). The summed E-state index contributed by atoms with van der Waals surface area (Å²) in [6, 6.07) is 10.9. The number of hydrogen-bond donors (Lipinski definition) is 2. The Kier molecular flexibility index (Phi) is 6.96. The molecule has 0 saturated carbocycles. The monoisotopic (exact) mass is 396 g/mol. The van der Waals surface area contributed by atoms with E-state index in [1.54, 1.807) is 0 Å². The molecule has 0 saturated heterocycles. The first-order valence-electron chi connectivity index (χ1n) is 10.7. The van der Waals surface area contributed by atoms with Gasteiger partial charge in [-0.25, -0.2) is 0 Å². The first kappa shape index (κ1) is 21.4. The minimum atomic E-state index is 0.0504. The summed E-state index contributed by atoms with van der Waals surface area (Å²) in [4.78, 5) is 6.96. The van der Waals surface area contributed by atoms with Crippen LogP contribution in [0.15, 0.2) is 35.3 Å². The number of nitrogens with zero attached hydrogens (tertiary/aromatic N) is 4. The van der Waals surface area contributed by atoms with Crippen LogP contribution in [0.1, 0.15) is 42.8 Å². The number of hydrogen-bond acceptors (Lipinski definition) is 3. The summed E-state index contributed by atoms with van der Waals surface area (Å²) >= 11 is 0. The van der Waals surface area contributed by atoms with Crippen LogP contribution >= 0.6 is 0 Å². The Labute approximate surface area is 175 Å². The van der Waals surface area contributed by atoms with Gasteiger partial charge in [-0.3, -0.25) is 14.6 Å². The number of nitrogens with one attached hydrogen (secondary N) is 2. The highest BCUT2D eigenvalue weighted by Crippen LogP contribution is 2.24. The van der Waals surface area contributed by atoms with E-state index in [1.807, 2.05) is 14.0 Å². The maximum Gasteiger partial charge on any atom is 0.191 e. The molecule has 0 unspecified atom stereocenters. The van der Waals surface area contributed by atoms with E-state index in [0.717, 1.165) is 57.2 Å². The number of guanidine groups is 1. The van der Waals surface area contributed by atoms with Crippen LogP contribution in [0.5, 0.6) is 0 Å². The predicted octanol–water partition coefficient (Wildman–Crippen LogP) is 2.89. The van der Waals surface area contributed by atoms with E-state index in [9.17, 15) is 0 Å². The van der Waals surface area contributed by atoms with Gasteiger partial charge in [0.05, 0.1) is 5.69 Å². The highest BCUT2D eigenvalue weighted by Gasteiger charge is 2.29. The van der Waals surface area contributed by atoms with Crippen molar-refractivity contribution in [1.82, 2.24) is 25.3 Å². The van der Waals surface area contributed by atoms with Gasteiger partial charge in [0.2, 0.25) is 0 Å². The summed E-state index contributed by atoms with van der Waals surface area (Å²) in [6.07, 6.45) is 2.13. The van der Waals surface area contributed by atoms with Gasteiger partial charge in [-0.15, -0.1) is 0 Å². The van der Waals surface area contributed by atoms with Gasteiger partial charge in [-0.2, -0.15) is 5.10 Å². The second-order valence-corrected chi connectivity index (χ2v) is 8.61. The fourth-order valence-corrected chi connectivity index (χ4v) is 3.98. The molecule has 0 bridgehead atoms. The first-order chi connectivity index (χ1) is 13.9. The molecule has 0 fully saturated rings. The van der Waals surface area contributed by atoms with Crippen LogP contribution in [0.2, 0.25) is 0 Å². The molecule has 3 rings (SSSR count). The SMILES string of the molecule is CN=C(NCCCn1nc(C)cc1C)NCC(C)(C)N1CCc2ccccc2C1. The van der Waals surface area contributed by atoms with Crippen LogP contribution < -0.4 is 10.6 Å². The molecule has 2 heterocycles. The smallest absolute Gasteiger partial charge is 0.191 e. The summed E-state index contributed by atoms with van der Waals surface area (Å²) in [5.41, 5.74) is 5.30. The summed E-state index contributed by atoms with van der Waals surface area (Å²) in [5, 5.41) is 11.5. The Hall–Kier alpha value is -2.34. The molecule has 1 aliphatic heterocycles. The van der Waals surface area contributed by atoms with Gasteiger partial charge in [0, 0.05) is 51.0 Å². The van der Waals surface area contributed by atoms with Crippen molar-refractivity contribution in [2.24, 2.45) is 4.99 Å². The van der Waals surface area contributed by atoms with E-state index in [-0.39, 0.29) is 5.54 Å². The molecule has 1 aromatic heterocycles. The Balaban J connectivity index is 1.44.